The van der Waals surface area contributed by atoms with Gasteiger partial charge in [-0.05, 0) is 69.4 Å². The lowest BCUT2D eigenvalue weighted by atomic mass is 9.99. The molecule has 7 heteroatoms. The summed E-state index contributed by atoms with van der Waals surface area (Å²) in [5.41, 5.74) is 1.40. The van der Waals surface area contributed by atoms with Crippen LogP contribution >= 0.6 is 22.9 Å². The van der Waals surface area contributed by atoms with Crippen molar-refractivity contribution in [3.8, 4) is 11.8 Å². The quantitative estimate of drug-likeness (QED) is 0.661. The van der Waals surface area contributed by atoms with Crippen LogP contribution in [0.3, 0.4) is 0 Å². The smallest absolute Gasteiger partial charge is 0.306 e. The third kappa shape index (κ3) is 6.73. The van der Waals surface area contributed by atoms with E-state index in [1.807, 2.05) is 24.3 Å². The lowest BCUT2D eigenvalue weighted by Gasteiger charge is -2.29. The van der Waals surface area contributed by atoms with Crippen molar-refractivity contribution in [2.75, 3.05) is 13.2 Å². The normalized spacial score (nSPS) is 17.8. The highest BCUT2D eigenvalue weighted by Gasteiger charge is 2.24. The molecule has 0 fully saturated rings. The van der Waals surface area contributed by atoms with Crippen LogP contribution in [0.25, 0.3) is 0 Å². The van der Waals surface area contributed by atoms with Crippen molar-refractivity contribution < 1.29 is 14.3 Å². The lowest BCUT2D eigenvalue weighted by molar-refractivity contribution is -0.150. The Balaban J connectivity index is 1.68. The van der Waals surface area contributed by atoms with E-state index in [0.29, 0.717) is 24.3 Å². The Morgan fingerprint density at radius 3 is 2.80 bits per heavy atom. The molecule has 0 saturated heterocycles. The van der Waals surface area contributed by atoms with Gasteiger partial charge in [-0.1, -0.05) is 17.7 Å². The number of cyclic esters (lactones) is 1. The van der Waals surface area contributed by atoms with E-state index >= 15 is 0 Å². The number of hydrogen-bond acceptors (Lipinski definition) is 6. The molecular weight excluding hydrogens is 420 g/mol. The topological polar surface area (TPSA) is 71.3 Å². The summed E-state index contributed by atoms with van der Waals surface area (Å²) in [6.45, 7) is 4.86. The summed E-state index contributed by atoms with van der Waals surface area (Å²) in [6, 6.07) is 11.8. The summed E-state index contributed by atoms with van der Waals surface area (Å²) in [6.07, 6.45) is 3.28. The molecule has 0 spiro atoms. The Bertz CT molecular complexity index is 919. The van der Waals surface area contributed by atoms with Crippen LogP contribution in [-0.4, -0.2) is 30.8 Å². The monoisotopic (exact) mass is 446 g/mol. The molecule has 1 aromatic carbocycles. The van der Waals surface area contributed by atoms with E-state index < -0.39 is 6.10 Å². The fourth-order valence-electron chi connectivity index (χ4n) is 3.43. The molecule has 2 bridgehead atoms. The first-order valence-electron chi connectivity index (χ1n) is 10.2. The van der Waals surface area contributed by atoms with E-state index in [4.69, 9.17) is 21.1 Å². The highest BCUT2D eigenvalue weighted by atomic mass is 35.5. The largest absolute Gasteiger partial charge is 0.488 e. The van der Waals surface area contributed by atoms with Gasteiger partial charge in [-0.3, -0.25) is 4.79 Å². The third-order valence-corrected chi connectivity index (χ3v) is 6.27. The number of thiophene rings is 1. The molecule has 1 aromatic heterocycles. The van der Waals surface area contributed by atoms with Crippen LogP contribution in [0, 0.1) is 11.3 Å². The van der Waals surface area contributed by atoms with Crippen molar-refractivity contribution in [2.24, 2.45) is 0 Å². The molecule has 1 atom stereocenters. The van der Waals surface area contributed by atoms with E-state index in [2.05, 4.69) is 25.2 Å². The fourth-order valence-corrected chi connectivity index (χ4v) is 4.75. The Hall–Kier alpha value is -2.07. The average molecular weight is 447 g/mol. The average Bonchev–Trinajstić information content (AvgIpc) is 3.10. The van der Waals surface area contributed by atoms with Crippen LogP contribution in [0.4, 0.5) is 0 Å². The number of carbonyl (C=O) groups is 1. The van der Waals surface area contributed by atoms with Crippen LogP contribution in [-0.2, 0) is 22.4 Å². The number of carbonyl (C=O) groups excluding carboxylic acids is 1. The van der Waals surface area contributed by atoms with Gasteiger partial charge in [0.15, 0.2) is 0 Å². The molecule has 0 saturated carbocycles. The van der Waals surface area contributed by atoms with Crippen LogP contribution in [0.5, 0.6) is 5.75 Å². The van der Waals surface area contributed by atoms with Gasteiger partial charge in [0.25, 0.3) is 0 Å². The number of benzene rings is 1. The van der Waals surface area contributed by atoms with Gasteiger partial charge in [-0.15, -0.1) is 11.3 Å². The predicted molar refractivity (Wildman–Crippen MR) is 119 cm³/mol. The standard InChI is InChI=1S/C23H27ClN2O3S/c1-23(2,12-19-9-10-21(24)30-19)26-14-18-15-28-20-11-16(7-8-17(20)13-25)5-3-4-6-22(27)29-18/h7-11,18,26H,3-6,12,14-15H2,1-2H3. The van der Waals surface area contributed by atoms with Crippen LogP contribution in [0.2, 0.25) is 4.34 Å². The Kier molecular flexibility index (Phi) is 7.76. The minimum absolute atomic E-state index is 0.192. The molecule has 2 heterocycles. The summed E-state index contributed by atoms with van der Waals surface area (Å²) in [4.78, 5) is 13.5. The summed E-state index contributed by atoms with van der Waals surface area (Å²) in [5.74, 6) is 0.335. The zero-order valence-electron chi connectivity index (χ0n) is 17.4. The summed E-state index contributed by atoms with van der Waals surface area (Å²) in [7, 11) is 0. The number of hydrogen-bond donors (Lipinski definition) is 1. The second kappa shape index (κ2) is 10.3. The first-order chi connectivity index (χ1) is 14.3. The van der Waals surface area contributed by atoms with E-state index in [1.165, 1.54) is 4.88 Å². The van der Waals surface area contributed by atoms with Crippen molar-refractivity contribution in [2.45, 2.75) is 57.6 Å². The molecule has 30 heavy (non-hydrogen) atoms. The van der Waals surface area contributed by atoms with Crippen LogP contribution < -0.4 is 10.1 Å². The highest BCUT2D eigenvalue weighted by molar-refractivity contribution is 7.16. The second-order valence-electron chi connectivity index (χ2n) is 8.22. The van der Waals surface area contributed by atoms with Crippen molar-refractivity contribution in [1.82, 2.24) is 5.32 Å². The SMILES string of the molecule is CC(C)(Cc1ccc(Cl)s1)NCC1COc2cc(ccc2C#N)CCCCC(=O)O1. The molecule has 5 nitrogen and oxygen atoms in total. The zero-order valence-corrected chi connectivity index (χ0v) is 18.9. The van der Waals surface area contributed by atoms with Crippen molar-refractivity contribution in [1.29, 1.82) is 5.26 Å². The molecule has 1 aliphatic rings. The molecule has 0 aliphatic carbocycles. The fraction of sp³-hybridized carbons (Fsp3) is 0.478. The predicted octanol–water partition coefficient (Wildman–Crippen LogP) is 4.90. The second-order valence-corrected chi connectivity index (χ2v) is 10.0. The van der Waals surface area contributed by atoms with Crippen LogP contribution in [0.15, 0.2) is 30.3 Å². The zero-order chi connectivity index (χ0) is 21.6. The highest BCUT2D eigenvalue weighted by Crippen LogP contribution is 2.25. The molecule has 0 radical (unpaired) electrons. The van der Waals surface area contributed by atoms with Gasteiger partial charge in [-0.2, -0.15) is 5.26 Å². The maximum absolute atomic E-state index is 12.3. The Morgan fingerprint density at radius 2 is 2.07 bits per heavy atom. The number of rotatable bonds is 5. The minimum atomic E-state index is -0.446. The molecule has 1 N–H and O–H groups in total. The number of nitrogens with one attached hydrogen (secondary N) is 1. The summed E-state index contributed by atoms with van der Waals surface area (Å²) in [5, 5.41) is 12.9. The molecule has 160 valence electrons. The first-order valence-corrected chi connectivity index (χ1v) is 11.4. The van der Waals surface area contributed by atoms with Gasteiger partial charge in [0.2, 0.25) is 0 Å². The number of ether oxygens (including phenoxy) is 2. The van der Waals surface area contributed by atoms with Gasteiger partial charge < -0.3 is 14.8 Å². The number of fused-ring (bicyclic) bond motifs is 2. The van der Waals surface area contributed by atoms with Gasteiger partial charge in [-0.25, -0.2) is 0 Å². The number of esters is 1. The summed E-state index contributed by atoms with van der Waals surface area (Å²) >= 11 is 7.62. The summed E-state index contributed by atoms with van der Waals surface area (Å²) < 4.78 is 12.4. The number of halogens is 1. The molecular formula is C23H27ClN2O3S. The van der Waals surface area contributed by atoms with Crippen LogP contribution in [0.1, 0.15) is 49.1 Å². The number of nitriles is 1. The van der Waals surface area contributed by atoms with E-state index in [1.54, 1.807) is 17.4 Å². The van der Waals surface area contributed by atoms with Gasteiger partial charge >= 0.3 is 5.97 Å². The maximum atomic E-state index is 12.3. The van der Waals surface area contributed by atoms with Crippen molar-refractivity contribution in [3.05, 3.63) is 50.7 Å². The van der Waals surface area contributed by atoms with Gasteiger partial charge in [0.1, 0.15) is 24.5 Å². The maximum Gasteiger partial charge on any atom is 0.306 e. The van der Waals surface area contributed by atoms with Gasteiger partial charge in [0, 0.05) is 23.4 Å². The number of nitrogens with zero attached hydrogens (tertiary/aromatic N) is 1. The molecule has 0 amide bonds. The Morgan fingerprint density at radius 1 is 1.27 bits per heavy atom. The Labute approximate surface area is 187 Å². The van der Waals surface area contributed by atoms with Gasteiger partial charge in [0.05, 0.1) is 9.90 Å². The molecule has 3 rings (SSSR count). The van der Waals surface area contributed by atoms with E-state index in [9.17, 15) is 10.1 Å². The van der Waals surface area contributed by atoms with E-state index in [0.717, 1.165) is 35.6 Å². The lowest BCUT2D eigenvalue weighted by Crippen LogP contribution is -2.47. The first kappa shape index (κ1) is 22.6. The minimum Gasteiger partial charge on any atom is -0.488 e. The third-order valence-electron chi connectivity index (χ3n) is 5.04. The number of aryl methyl sites for hydroxylation is 1. The van der Waals surface area contributed by atoms with Crippen molar-refractivity contribution >= 4 is 28.9 Å². The van der Waals surface area contributed by atoms with E-state index in [-0.39, 0.29) is 18.1 Å². The molecule has 2 aromatic rings. The van der Waals surface area contributed by atoms with Crippen molar-refractivity contribution in [3.63, 3.8) is 0 Å². The molecule has 1 aliphatic heterocycles. The molecule has 1 unspecified atom stereocenters.